The van der Waals surface area contributed by atoms with Crippen LogP contribution in [0.2, 0.25) is 0 Å². The molecular weight excluding hydrogens is 629 g/mol. The van der Waals surface area contributed by atoms with E-state index in [0.717, 1.165) is 6.42 Å². The van der Waals surface area contributed by atoms with Crippen LogP contribution in [-0.4, -0.2) is 9.52 Å². The van der Waals surface area contributed by atoms with Crippen LogP contribution < -0.4 is 0 Å². The fraction of sp³-hybridized carbons (Fsp3) is 0.440. The van der Waals surface area contributed by atoms with Crippen LogP contribution in [0.5, 0.6) is 0 Å². The molecule has 2 aliphatic rings. The second-order valence-electron chi connectivity index (χ2n) is 19.6. The summed E-state index contributed by atoms with van der Waals surface area (Å²) in [6.07, 6.45) is 9.93. The molecular formula is C50H62Si. The molecule has 2 radical (unpaired) electrons. The summed E-state index contributed by atoms with van der Waals surface area (Å²) in [5, 5.41) is 3.20. The maximum absolute atomic E-state index is 2.61. The van der Waals surface area contributed by atoms with Crippen LogP contribution >= 0.6 is 0 Å². The molecule has 4 aromatic carbocycles. The van der Waals surface area contributed by atoms with E-state index < -0.39 is 0 Å². The molecule has 0 aromatic heterocycles. The lowest BCUT2D eigenvalue weighted by Crippen LogP contribution is -2.16. The van der Waals surface area contributed by atoms with Crippen molar-refractivity contribution in [2.45, 2.75) is 143 Å². The highest BCUT2D eigenvalue weighted by Crippen LogP contribution is 2.46. The Morgan fingerprint density at radius 1 is 0.569 bits per heavy atom. The van der Waals surface area contributed by atoms with E-state index in [1.807, 2.05) is 0 Å². The van der Waals surface area contributed by atoms with Crippen molar-refractivity contribution < 1.29 is 0 Å². The first-order valence-corrected chi connectivity index (χ1v) is 20.5. The molecule has 0 fully saturated rings. The van der Waals surface area contributed by atoms with Gasteiger partial charge in [-0.1, -0.05) is 198 Å². The number of hydrogen-bond acceptors (Lipinski definition) is 0. The van der Waals surface area contributed by atoms with Gasteiger partial charge in [0, 0.05) is 5.92 Å². The Hall–Kier alpha value is -3.42. The Morgan fingerprint density at radius 3 is 1.51 bits per heavy atom. The van der Waals surface area contributed by atoms with E-state index in [9.17, 15) is 0 Å². The van der Waals surface area contributed by atoms with Crippen molar-refractivity contribution in [3.63, 3.8) is 0 Å². The molecule has 2 aliphatic carbocycles. The Bertz CT molecular complexity index is 1940. The van der Waals surface area contributed by atoms with Gasteiger partial charge < -0.3 is 0 Å². The summed E-state index contributed by atoms with van der Waals surface area (Å²) >= 11 is 0. The van der Waals surface area contributed by atoms with E-state index in [0.29, 0.717) is 15.4 Å². The van der Waals surface area contributed by atoms with Gasteiger partial charge in [-0.3, -0.25) is 0 Å². The number of allylic oxidation sites excluding steroid dienone is 2. The number of fused-ring (bicyclic) bond motifs is 2. The van der Waals surface area contributed by atoms with Crippen molar-refractivity contribution in [1.82, 2.24) is 0 Å². The molecule has 0 saturated carbocycles. The first-order chi connectivity index (χ1) is 23.7. The number of unbranched alkanes of at least 4 members (excludes halogenated alkanes) is 1. The highest BCUT2D eigenvalue weighted by molar-refractivity contribution is 6.57. The summed E-state index contributed by atoms with van der Waals surface area (Å²) in [5.74, 6) is 0.494. The second kappa shape index (κ2) is 13.5. The fourth-order valence-electron chi connectivity index (χ4n) is 7.75. The number of hydrogen-bond donors (Lipinski definition) is 0. The first-order valence-electron chi connectivity index (χ1n) is 19.5. The van der Waals surface area contributed by atoms with E-state index in [-0.39, 0.29) is 21.7 Å². The van der Waals surface area contributed by atoms with Crippen molar-refractivity contribution >= 4 is 21.7 Å². The quantitative estimate of drug-likeness (QED) is 0.169. The monoisotopic (exact) mass is 690 g/mol. The van der Waals surface area contributed by atoms with Gasteiger partial charge >= 0.3 is 0 Å². The zero-order chi connectivity index (χ0) is 37.1. The van der Waals surface area contributed by atoms with Gasteiger partial charge in [0.25, 0.3) is 0 Å². The van der Waals surface area contributed by atoms with Gasteiger partial charge in [0.1, 0.15) is 9.52 Å². The normalized spacial score (nSPS) is 16.2. The van der Waals surface area contributed by atoms with Crippen LogP contribution in [0.25, 0.3) is 34.4 Å². The van der Waals surface area contributed by atoms with Crippen LogP contribution in [0, 0.1) is 0 Å². The van der Waals surface area contributed by atoms with Crippen molar-refractivity contribution in [3.8, 4) is 22.3 Å². The minimum absolute atomic E-state index is 0.0885. The van der Waals surface area contributed by atoms with Crippen LogP contribution in [0.15, 0.2) is 83.2 Å². The average molecular weight is 691 g/mol. The van der Waals surface area contributed by atoms with E-state index in [1.165, 1.54) is 86.0 Å². The van der Waals surface area contributed by atoms with Crippen LogP contribution in [0.1, 0.15) is 160 Å². The van der Waals surface area contributed by atoms with Gasteiger partial charge in [-0.25, -0.2) is 0 Å². The minimum Gasteiger partial charge on any atom is -0.0748 e. The molecule has 0 nitrogen and oxygen atoms in total. The Kier molecular flexibility index (Phi) is 9.90. The van der Waals surface area contributed by atoms with Gasteiger partial charge in [-0.2, -0.15) is 0 Å². The predicted molar refractivity (Wildman–Crippen MR) is 226 cm³/mol. The molecule has 1 heteroatoms. The standard InChI is InChI=1S/C50H62Si/c1-14-15-19-43-42-22-17-21-41(34-25-37(49(8,9)10)29-38(26-34)50(11,12)13)45(42)31-46(43)51-39-27-32-18-16-20-40(44(32)30-39)33-23-35(47(2,3)4)28-36(24-33)48(5,6)7/h16-18,20-26,28-31,43H,14-15,19,27H2,1-13H3. The van der Waals surface area contributed by atoms with Crippen LogP contribution in [-0.2, 0) is 28.1 Å². The molecule has 1 atom stereocenters. The van der Waals surface area contributed by atoms with Crippen molar-refractivity contribution in [2.24, 2.45) is 0 Å². The maximum atomic E-state index is 2.61. The molecule has 266 valence electrons. The molecule has 1 unspecified atom stereocenters. The third kappa shape index (κ3) is 7.85. The van der Waals surface area contributed by atoms with Gasteiger partial charge in [-0.15, -0.1) is 0 Å². The average Bonchev–Trinajstić information content (AvgIpc) is 3.62. The number of rotatable bonds is 7. The molecule has 0 spiro atoms. The van der Waals surface area contributed by atoms with Gasteiger partial charge in [-0.05, 0) is 101 Å². The van der Waals surface area contributed by atoms with Crippen LogP contribution in [0.4, 0.5) is 0 Å². The third-order valence-corrected chi connectivity index (χ3v) is 12.6. The van der Waals surface area contributed by atoms with Gasteiger partial charge in [0.2, 0.25) is 0 Å². The molecule has 0 aliphatic heterocycles. The van der Waals surface area contributed by atoms with E-state index >= 15 is 0 Å². The lowest BCUT2D eigenvalue weighted by atomic mass is 9.78. The maximum Gasteiger partial charge on any atom is 0.111 e. The Balaban J connectivity index is 1.41. The molecule has 0 amide bonds. The summed E-state index contributed by atoms with van der Waals surface area (Å²) in [6.45, 7) is 30.4. The smallest absolute Gasteiger partial charge is 0.0748 e. The summed E-state index contributed by atoms with van der Waals surface area (Å²) in [4.78, 5) is 0. The molecule has 0 heterocycles. The molecule has 51 heavy (non-hydrogen) atoms. The second-order valence-corrected chi connectivity index (χ2v) is 21.0. The molecule has 0 bridgehead atoms. The summed E-state index contributed by atoms with van der Waals surface area (Å²) in [6, 6.07) is 28.9. The topological polar surface area (TPSA) is 0 Å². The predicted octanol–water partition coefficient (Wildman–Crippen LogP) is 14.1. The largest absolute Gasteiger partial charge is 0.111 e. The molecule has 0 N–H and O–H groups in total. The van der Waals surface area contributed by atoms with E-state index in [2.05, 4.69) is 175 Å². The number of benzene rings is 4. The van der Waals surface area contributed by atoms with Crippen molar-refractivity contribution in [3.05, 3.63) is 128 Å². The summed E-state index contributed by atoms with van der Waals surface area (Å²) in [7, 11) is 0.708. The third-order valence-electron chi connectivity index (χ3n) is 11.2. The van der Waals surface area contributed by atoms with E-state index in [1.54, 1.807) is 10.4 Å². The SMILES string of the molecule is CCCCC1C([Si]C2=Cc3c(cccc3-c3cc(C(C)(C)C)cc(C(C)(C)C)c3)C2)=Cc2c(-c3cc(C(C)(C)C)cc(C(C)(C)C)c3)cccc21. The molecule has 6 rings (SSSR count). The molecule has 0 saturated heterocycles. The minimum atomic E-state index is 0.0885. The highest BCUT2D eigenvalue weighted by Gasteiger charge is 2.30. The lowest BCUT2D eigenvalue weighted by molar-refractivity contribution is 0.568. The van der Waals surface area contributed by atoms with Crippen LogP contribution in [0.3, 0.4) is 0 Å². The first kappa shape index (κ1) is 37.3. The van der Waals surface area contributed by atoms with Crippen molar-refractivity contribution in [2.75, 3.05) is 0 Å². The lowest BCUT2D eigenvalue weighted by Gasteiger charge is -2.26. The Labute approximate surface area is 313 Å². The highest BCUT2D eigenvalue weighted by atomic mass is 28.2. The Morgan fingerprint density at radius 2 is 1.04 bits per heavy atom. The summed E-state index contributed by atoms with van der Waals surface area (Å²) < 4.78 is 0. The van der Waals surface area contributed by atoms with E-state index in [4.69, 9.17) is 0 Å². The fourth-order valence-corrected chi connectivity index (χ4v) is 9.31. The summed E-state index contributed by atoms with van der Waals surface area (Å²) in [5.41, 5.74) is 17.4. The van der Waals surface area contributed by atoms with Gasteiger partial charge in [0.05, 0.1) is 0 Å². The molecule has 4 aromatic rings. The van der Waals surface area contributed by atoms with Gasteiger partial charge in [0.15, 0.2) is 0 Å². The zero-order valence-electron chi connectivity index (χ0n) is 34.0. The zero-order valence-corrected chi connectivity index (χ0v) is 35.0. The van der Waals surface area contributed by atoms with Crippen molar-refractivity contribution in [1.29, 1.82) is 0 Å².